The maximum absolute atomic E-state index is 12.2. The molecule has 2 rings (SSSR count). The predicted octanol–water partition coefficient (Wildman–Crippen LogP) is 6.21. The Morgan fingerprint density at radius 2 is 1.43 bits per heavy atom. The fourth-order valence-electron chi connectivity index (χ4n) is 2.60. The first-order valence-electron chi connectivity index (χ1n) is 9.61. The van der Waals surface area contributed by atoms with Gasteiger partial charge in [0.05, 0.1) is 6.61 Å². The Kier molecular flexibility index (Phi) is 9.82. The molecule has 0 saturated heterocycles. The van der Waals surface area contributed by atoms with Crippen LogP contribution in [0, 0.1) is 0 Å². The molecule has 200 valence electrons. The number of unbranched alkanes of at least 4 members (excludes halogenated alkanes) is 1. The van der Waals surface area contributed by atoms with Crippen LogP contribution in [0.25, 0.3) is 10.8 Å². The number of benzene rings is 2. The second kappa shape index (κ2) is 11.0. The van der Waals surface area contributed by atoms with E-state index in [4.69, 9.17) is 4.74 Å². The predicted molar refractivity (Wildman–Crippen MR) is 112 cm³/mol. The normalized spacial score (nSPS) is 13.5. The number of hydrogen-bond acceptors (Lipinski definition) is 4. The first-order chi connectivity index (χ1) is 15.7. The molecule has 2 aromatic carbocycles. The van der Waals surface area contributed by atoms with E-state index in [2.05, 4.69) is 55.8 Å². The highest BCUT2D eigenvalue weighted by atomic mass is 32.2. The van der Waals surface area contributed by atoms with Crippen LogP contribution in [0.4, 0.5) is 39.5 Å². The molecule has 15 heteroatoms. The molecule has 2 aromatic rings. The van der Waals surface area contributed by atoms with Crippen molar-refractivity contribution in [2.75, 3.05) is 19.1 Å². The summed E-state index contributed by atoms with van der Waals surface area (Å²) >= 11 is 0. The number of hydrogen-bond donors (Lipinski definition) is 0. The molecule has 0 aliphatic heterocycles. The molecule has 0 atom stereocenters. The van der Waals surface area contributed by atoms with E-state index in [1.165, 1.54) is 22.1 Å². The van der Waals surface area contributed by atoms with Crippen molar-refractivity contribution in [3.8, 4) is 5.75 Å². The van der Waals surface area contributed by atoms with E-state index in [-0.39, 0.29) is 10.9 Å². The molecule has 0 fully saturated rings. The van der Waals surface area contributed by atoms with Crippen LogP contribution in [0.3, 0.4) is 0 Å². The van der Waals surface area contributed by atoms with Gasteiger partial charge in [0, 0.05) is 16.3 Å². The van der Waals surface area contributed by atoms with Crippen LogP contribution >= 0.6 is 0 Å². The average molecular weight is 561 g/mol. The summed E-state index contributed by atoms with van der Waals surface area (Å²) in [6.45, 7) is 3.01. The maximum atomic E-state index is 12.2. The molecular weight excluding hydrogens is 539 g/mol. The molecular formula is C20H21F9O4S2. The summed E-state index contributed by atoms with van der Waals surface area (Å²) in [6, 6.07) is 12.8. The molecule has 0 heterocycles. The summed E-state index contributed by atoms with van der Waals surface area (Å²) in [5.74, 6) is -13.8. The van der Waals surface area contributed by atoms with Gasteiger partial charge in [-0.3, -0.25) is 0 Å². The molecule has 4 nitrogen and oxygen atoms in total. The lowest BCUT2D eigenvalue weighted by Gasteiger charge is -2.34. The monoisotopic (exact) mass is 560 g/mol. The van der Waals surface area contributed by atoms with Crippen molar-refractivity contribution in [3.05, 3.63) is 36.4 Å². The highest BCUT2D eigenvalue weighted by Crippen LogP contribution is 2.54. The molecule has 0 spiro atoms. The SMILES string of the molecule is CCCCOc1ccc2ccccc2c1[S+](C)C.O=S(=O)([O-])C(F)(F)C(F)(F)C(F)(F)C(F)(F)F. The summed E-state index contributed by atoms with van der Waals surface area (Å²) in [4.78, 5) is 1.37. The molecule has 0 aliphatic rings. The average Bonchev–Trinajstić information content (AvgIpc) is 2.72. The summed E-state index contributed by atoms with van der Waals surface area (Å²) in [7, 11) is -7.21. The van der Waals surface area contributed by atoms with Crippen LogP contribution in [0.1, 0.15) is 19.8 Å². The van der Waals surface area contributed by atoms with Crippen molar-refractivity contribution in [2.24, 2.45) is 0 Å². The largest absolute Gasteiger partial charge is 0.743 e. The summed E-state index contributed by atoms with van der Waals surface area (Å²) in [5.41, 5.74) is 0. The van der Waals surface area contributed by atoms with Gasteiger partial charge in [0.2, 0.25) is 4.90 Å². The van der Waals surface area contributed by atoms with Gasteiger partial charge in [-0.1, -0.05) is 37.6 Å². The van der Waals surface area contributed by atoms with Gasteiger partial charge in [-0.2, -0.15) is 39.5 Å². The molecule has 0 aromatic heterocycles. The third-order valence-electron chi connectivity index (χ3n) is 4.44. The van der Waals surface area contributed by atoms with Gasteiger partial charge < -0.3 is 9.29 Å². The van der Waals surface area contributed by atoms with Crippen LogP contribution in [0.15, 0.2) is 41.3 Å². The molecule has 0 saturated carbocycles. The van der Waals surface area contributed by atoms with Crippen molar-refractivity contribution >= 4 is 31.8 Å². The minimum absolute atomic E-state index is 0.205. The van der Waals surface area contributed by atoms with Crippen LogP contribution in [-0.2, 0) is 21.0 Å². The Balaban J connectivity index is 0.000000351. The lowest BCUT2D eigenvalue weighted by atomic mass is 10.1. The Morgan fingerprint density at radius 3 is 1.89 bits per heavy atom. The first-order valence-corrected chi connectivity index (χ1v) is 13.1. The second-order valence-electron chi connectivity index (χ2n) is 7.25. The summed E-state index contributed by atoms with van der Waals surface area (Å²) < 4.78 is 141. The smallest absolute Gasteiger partial charge is 0.460 e. The molecule has 0 bridgehead atoms. The minimum atomic E-state index is -7.43. The molecule has 0 unspecified atom stereocenters. The summed E-state index contributed by atoms with van der Waals surface area (Å²) in [6.07, 6.45) is -0.353. The molecule has 35 heavy (non-hydrogen) atoms. The molecule has 0 amide bonds. The standard InChI is InChI=1S/C16H21OS.C4HF9O3S/c1-4-5-12-17-15-11-10-13-8-6-7-9-14(13)16(15)18(2)3;5-1(6,3(9,10)11)2(7,8)4(12,13)17(14,15)16/h6-11H,4-5,12H2,1-3H3;(H,14,15,16)/q+1;/p-1. The van der Waals surface area contributed by atoms with Gasteiger partial charge >= 0.3 is 23.3 Å². The van der Waals surface area contributed by atoms with Gasteiger partial charge in [-0.15, -0.1) is 0 Å². The van der Waals surface area contributed by atoms with E-state index in [0.717, 1.165) is 18.8 Å². The van der Waals surface area contributed by atoms with Crippen LogP contribution in [0.2, 0.25) is 0 Å². The van der Waals surface area contributed by atoms with E-state index in [0.29, 0.717) is 0 Å². The minimum Gasteiger partial charge on any atom is -0.743 e. The quantitative estimate of drug-likeness (QED) is 0.167. The van der Waals surface area contributed by atoms with E-state index in [9.17, 15) is 52.5 Å². The number of halogens is 9. The zero-order valence-electron chi connectivity index (χ0n) is 18.4. The third kappa shape index (κ3) is 6.47. The highest BCUT2D eigenvalue weighted by Gasteiger charge is 2.83. The van der Waals surface area contributed by atoms with E-state index >= 15 is 0 Å². The van der Waals surface area contributed by atoms with Crippen molar-refractivity contribution < 1.29 is 57.2 Å². The Morgan fingerprint density at radius 1 is 0.886 bits per heavy atom. The van der Waals surface area contributed by atoms with Gasteiger partial charge in [-0.25, -0.2) is 8.42 Å². The Bertz CT molecular complexity index is 1100. The van der Waals surface area contributed by atoms with E-state index < -0.39 is 33.4 Å². The van der Waals surface area contributed by atoms with E-state index in [1.54, 1.807) is 0 Å². The first kappa shape index (κ1) is 31.2. The van der Waals surface area contributed by atoms with Crippen molar-refractivity contribution in [1.29, 1.82) is 0 Å². The Labute approximate surface area is 198 Å². The van der Waals surface area contributed by atoms with Gasteiger partial charge in [0.1, 0.15) is 12.5 Å². The van der Waals surface area contributed by atoms with Crippen molar-refractivity contribution in [3.63, 3.8) is 0 Å². The third-order valence-corrected chi connectivity index (χ3v) is 6.56. The second-order valence-corrected chi connectivity index (χ2v) is 10.7. The number of alkyl halides is 9. The van der Waals surface area contributed by atoms with Crippen LogP contribution in [-0.4, -0.2) is 55.4 Å². The van der Waals surface area contributed by atoms with Gasteiger partial charge in [-0.05, 0) is 23.9 Å². The number of ether oxygens (including phenoxy) is 1. The topological polar surface area (TPSA) is 66.4 Å². The molecule has 0 N–H and O–H groups in total. The van der Waals surface area contributed by atoms with Crippen LogP contribution < -0.4 is 4.74 Å². The lowest BCUT2D eigenvalue weighted by molar-refractivity contribution is -0.382. The Hall–Kier alpha value is -1.87. The number of rotatable bonds is 8. The lowest BCUT2D eigenvalue weighted by Crippen LogP contribution is -2.63. The zero-order chi connectivity index (χ0) is 27.5. The number of fused-ring (bicyclic) bond motifs is 1. The maximum Gasteiger partial charge on any atom is 0.460 e. The van der Waals surface area contributed by atoms with Crippen molar-refractivity contribution in [1.82, 2.24) is 0 Å². The molecule has 0 radical (unpaired) electrons. The highest BCUT2D eigenvalue weighted by molar-refractivity contribution is 7.95. The van der Waals surface area contributed by atoms with E-state index in [1.807, 2.05) is 0 Å². The van der Waals surface area contributed by atoms with Crippen molar-refractivity contribution in [2.45, 2.75) is 47.9 Å². The van der Waals surface area contributed by atoms with Gasteiger partial charge in [0.25, 0.3) is 0 Å². The van der Waals surface area contributed by atoms with Crippen LogP contribution in [0.5, 0.6) is 5.75 Å². The molecule has 0 aliphatic carbocycles. The fourth-order valence-corrected chi connectivity index (χ4v) is 4.20. The summed E-state index contributed by atoms with van der Waals surface area (Å²) in [5, 5.41) is -4.48. The van der Waals surface area contributed by atoms with Gasteiger partial charge in [0.15, 0.2) is 15.9 Å². The zero-order valence-corrected chi connectivity index (χ0v) is 20.1. The fraction of sp³-hybridized carbons (Fsp3) is 0.500.